The van der Waals surface area contributed by atoms with Gasteiger partial charge in [-0.1, -0.05) is 32.9 Å². The zero-order valence-electron chi connectivity index (χ0n) is 13.5. The Morgan fingerprint density at radius 2 is 1.71 bits per heavy atom. The van der Waals surface area contributed by atoms with Gasteiger partial charge in [0.05, 0.1) is 4.90 Å². The SMILES string of the molecule is CCNCCCc1ccc(S(=O)(=O)NC(C)C(C)C)cc1. The van der Waals surface area contributed by atoms with E-state index in [1.54, 1.807) is 12.1 Å². The van der Waals surface area contributed by atoms with Crippen LogP contribution in [-0.4, -0.2) is 27.5 Å². The molecule has 0 fully saturated rings. The Kier molecular flexibility index (Phi) is 7.35. The van der Waals surface area contributed by atoms with E-state index in [4.69, 9.17) is 0 Å². The molecule has 21 heavy (non-hydrogen) atoms. The summed E-state index contributed by atoms with van der Waals surface area (Å²) in [5.74, 6) is 0.269. The summed E-state index contributed by atoms with van der Waals surface area (Å²) in [6.45, 7) is 9.95. The van der Waals surface area contributed by atoms with Gasteiger partial charge < -0.3 is 5.32 Å². The van der Waals surface area contributed by atoms with Crippen LogP contribution in [0.1, 0.15) is 39.7 Å². The highest BCUT2D eigenvalue weighted by atomic mass is 32.2. The second-order valence-electron chi connectivity index (χ2n) is 5.76. The molecule has 1 unspecified atom stereocenters. The Morgan fingerprint density at radius 3 is 2.24 bits per heavy atom. The van der Waals surface area contributed by atoms with E-state index in [-0.39, 0.29) is 12.0 Å². The summed E-state index contributed by atoms with van der Waals surface area (Å²) in [5, 5.41) is 3.28. The van der Waals surface area contributed by atoms with Crippen molar-refractivity contribution in [2.75, 3.05) is 13.1 Å². The lowest BCUT2D eigenvalue weighted by Crippen LogP contribution is -2.36. The zero-order chi connectivity index (χ0) is 15.9. The highest BCUT2D eigenvalue weighted by Crippen LogP contribution is 2.13. The van der Waals surface area contributed by atoms with Crippen LogP contribution in [0.3, 0.4) is 0 Å². The molecule has 0 aliphatic rings. The van der Waals surface area contributed by atoms with Gasteiger partial charge in [-0.25, -0.2) is 13.1 Å². The van der Waals surface area contributed by atoms with E-state index in [0.29, 0.717) is 4.90 Å². The summed E-state index contributed by atoms with van der Waals surface area (Å²) in [5.41, 5.74) is 1.17. The Morgan fingerprint density at radius 1 is 1.10 bits per heavy atom. The van der Waals surface area contributed by atoms with E-state index < -0.39 is 10.0 Å². The molecule has 0 aromatic heterocycles. The number of hydrogen-bond acceptors (Lipinski definition) is 3. The molecule has 1 rings (SSSR count). The van der Waals surface area contributed by atoms with E-state index in [0.717, 1.165) is 25.9 Å². The molecule has 0 heterocycles. The minimum Gasteiger partial charge on any atom is -0.317 e. The molecule has 0 amide bonds. The molecule has 1 aromatic carbocycles. The van der Waals surface area contributed by atoms with Gasteiger partial charge in [-0.15, -0.1) is 0 Å². The second-order valence-corrected chi connectivity index (χ2v) is 7.47. The highest BCUT2D eigenvalue weighted by Gasteiger charge is 2.18. The van der Waals surface area contributed by atoms with E-state index >= 15 is 0 Å². The highest BCUT2D eigenvalue weighted by molar-refractivity contribution is 7.89. The van der Waals surface area contributed by atoms with Crippen LogP contribution < -0.4 is 10.0 Å². The van der Waals surface area contributed by atoms with E-state index in [1.165, 1.54) is 5.56 Å². The zero-order valence-corrected chi connectivity index (χ0v) is 14.3. The summed E-state index contributed by atoms with van der Waals surface area (Å²) in [6, 6.07) is 7.12. The first-order chi connectivity index (χ1) is 9.86. The van der Waals surface area contributed by atoms with E-state index in [2.05, 4.69) is 17.0 Å². The van der Waals surface area contributed by atoms with Crippen molar-refractivity contribution in [2.45, 2.75) is 51.5 Å². The quantitative estimate of drug-likeness (QED) is 0.689. The summed E-state index contributed by atoms with van der Waals surface area (Å²) in [4.78, 5) is 0.338. The van der Waals surface area contributed by atoms with Crippen LogP contribution in [0.4, 0.5) is 0 Å². The van der Waals surface area contributed by atoms with Gasteiger partial charge in [-0.3, -0.25) is 0 Å². The lowest BCUT2D eigenvalue weighted by Gasteiger charge is -2.17. The number of benzene rings is 1. The van der Waals surface area contributed by atoms with Crippen LogP contribution in [0.5, 0.6) is 0 Å². The third kappa shape index (κ3) is 6.16. The summed E-state index contributed by atoms with van der Waals surface area (Å²) in [7, 11) is -3.41. The predicted molar refractivity (Wildman–Crippen MR) is 87.9 cm³/mol. The van der Waals surface area contributed by atoms with Crippen LogP contribution in [0.15, 0.2) is 29.2 Å². The minimum absolute atomic E-state index is 0.0743. The molecule has 4 nitrogen and oxygen atoms in total. The molecule has 5 heteroatoms. The molecule has 1 aromatic rings. The van der Waals surface area contributed by atoms with Gasteiger partial charge in [0.25, 0.3) is 0 Å². The van der Waals surface area contributed by atoms with Gasteiger partial charge in [0.1, 0.15) is 0 Å². The average molecular weight is 312 g/mol. The molecule has 0 saturated carbocycles. The van der Waals surface area contributed by atoms with Crippen LogP contribution in [0, 0.1) is 5.92 Å². The van der Waals surface area contributed by atoms with Gasteiger partial charge in [-0.05, 0) is 56.5 Å². The lowest BCUT2D eigenvalue weighted by molar-refractivity contribution is 0.476. The van der Waals surface area contributed by atoms with Gasteiger partial charge in [0, 0.05) is 6.04 Å². The molecule has 120 valence electrons. The van der Waals surface area contributed by atoms with Crippen molar-refractivity contribution in [2.24, 2.45) is 5.92 Å². The van der Waals surface area contributed by atoms with Crippen molar-refractivity contribution in [1.82, 2.24) is 10.0 Å². The number of hydrogen-bond donors (Lipinski definition) is 2. The molecule has 0 saturated heterocycles. The summed E-state index contributed by atoms with van der Waals surface area (Å²) < 4.78 is 27.2. The van der Waals surface area contributed by atoms with Crippen molar-refractivity contribution >= 4 is 10.0 Å². The first kappa shape index (κ1) is 18.1. The van der Waals surface area contributed by atoms with Crippen molar-refractivity contribution in [3.05, 3.63) is 29.8 Å². The smallest absolute Gasteiger partial charge is 0.240 e. The fourth-order valence-electron chi connectivity index (χ4n) is 1.88. The molecule has 1 atom stereocenters. The molecule has 0 aliphatic carbocycles. The van der Waals surface area contributed by atoms with Gasteiger partial charge in [0.2, 0.25) is 10.0 Å². The normalized spacial score (nSPS) is 13.6. The van der Waals surface area contributed by atoms with Gasteiger partial charge in [-0.2, -0.15) is 0 Å². The van der Waals surface area contributed by atoms with Crippen molar-refractivity contribution in [3.8, 4) is 0 Å². The Balaban J connectivity index is 2.64. The third-order valence-corrected chi connectivity index (χ3v) is 5.22. The number of nitrogens with one attached hydrogen (secondary N) is 2. The van der Waals surface area contributed by atoms with Crippen molar-refractivity contribution in [3.63, 3.8) is 0 Å². The second kappa shape index (κ2) is 8.51. The van der Waals surface area contributed by atoms with Crippen LogP contribution in [-0.2, 0) is 16.4 Å². The fraction of sp³-hybridized carbons (Fsp3) is 0.625. The maximum absolute atomic E-state index is 12.2. The first-order valence-corrected chi connectivity index (χ1v) is 9.17. The monoisotopic (exact) mass is 312 g/mol. The minimum atomic E-state index is -3.41. The van der Waals surface area contributed by atoms with Crippen LogP contribution >= 0.6 is 0 Å². The number of aryl methyl sites for hydroxylation is 1. The molecule has 0 spiro atoms. The maximum atomic E-state index is 12.2. The van der Waals surface area contributed by atoms with Gasteiger partial charge >= 0.3 is 0 Å². The summed E-state index contributed by atoms with van der Waals surface area (Å²) in [6.07, 6.45) is 2.02. The standard InChI is InChI=1S/C16H28N2O2S/c1-5-17-12-6-7-15-8-10-16(11-9-15)21(19,20)18-14(4)13(2)3/h8-11,13-14,17-18H,5-7,12H2,1-4H3. The Bertz CT molecular complexity index is 510. The van der Waals surface area contributed by atoms with Gasteiger partial charge in [0.15, 0.2) is 0 Å². The van der Waals surface area contributed by atoms with Crippen LogP contribution in [0.25, 0.3) is 0 Å². The fourth-order valence-corrected chi connectivity index (χ4v) is 3.27. The van der Waals surface area contributed by atoms with E-state index in [9.17, 15) is 8.42 Å². The van der Waals surface area contributed by atoms with Crippen molar-refractivity contribution < 1.29 is 8.42 Å². The average Bonchev–Trinajstić information content (AvgIpc) is 2.43. The lowest BCUT2D eigenvalue weighted by atomic mass is 10.1. The predicted octanol–water partition coefficient (Wildman–Crippen LogP) is 2.55. The Hall–Kier alpha value is -0.910. The molecule has 0 radical (unpaired) electrons. The number of sulfonamides is 1. The maximum Gasteiger partial charge on any atom is 0.240 e. The van der Waals surface area contributed by atoms with Crippen molar-refractivity contribution in [1.29, 1.82) is 0 Å². The number of rotatable bonds is 9. The van der Waals surface area contributed by atoms with Crippen LogP contribution in [0.2, 0.25) is 0 Å². The molecule has 0 bridgehead atoms. The molecule has 0 aliphatic heterocycles. The Labute approximate surface area is 129 Å². The molecular weight excluding hydrogens is 284 g/mol. The van der Waals surface area contributed by atoms with E-state index in [1.807, 2.05) is 32.9 Å². The third-order valence-electron chi connectivity index (χ3n) is 3.64. The first-order valence-electron chi connectivity index (χ1n) is 7.68. The summed E-state index contributed by atoms with van der Waals surface area (Å²) >= 11 is 0. The largest absolute Gasteiger partial charge is 0.317 e. The molecule has 2 N–H and O–H groups in total. The topological polar surface area (TPSA) is 58.2 Å². The molecular formula is C16H28N2O2S.